The summed E-state index contributed by atoms with van der Waals surface area (Å²) in [4.78, 5) is 16.7. The van der Waals surface area contributed by atoms with Crippen molar-refractivity contribution in [3.8, 4) is 0 Å². The lowest BCUT2D eigenvalue weighted by Crippen LogP contribution is -2.19. The van der Waals surface area contributed by atoms with Gasteiger partial charge in [-0.15, -0.1) is 29.0 Å². The molecule has 0 aliphatic heterocycles. The average molecular weight is 360 g/mol. The van der Waals surface area contributed by atoms with E-state index in [-0.39, 0.29) is 29.0 Å². The molecule has 0 aromatic carbocycles. The molecule has 21 heavy (non-hydrogen) atoms. The van der Waals surface area contributed by atoms with Gasteiger partial charge in [-0.05, 0) is 18.8 Å². The summed E-state index contributed by atoms with van der Waals surface area (Å²) in [6, 6.07) is 0. The fourth-order valence-corrected chi connectivity index (χ4v) is 5.21. The summed E-state index contributed by atoms with van der Waals surface area (Å²) in [5, 5.41) is 20.4. The van der Waals surface area contributed by atoms with Crippen LogP contribution in [-0.4, -0.2) is 54.7 Å². The molecular formula is C13H15AlClNO3S2. The van der Waals surface area contributed by atoms with Crippen LogP contribution in [0.3, 0.4) is 0 Å². The molecule has 1 aromatic heterocycles. The highest BCUT2D eigenvalue weighted by molar-refractivity contribution is 8.01. The minimum Gasteiger partial charge on any atom is -0.476 e. The van der Waals surface area contributed by atoms with E-state index in [9.17, 15) is 9.90 Å². The number of hydrogen-bond acceptors (Lipinski definition) is 5. The number of nitrogens with zero attached hydrogens (tertiary/aromatic N) is 1. The molecule has 1 fully saturated rings. The Morgan fingerprint density at radius 2 is 2.43 bits per heavy atom. The van der Waals surface area contributed by atoms with Crippen molar-refractivity contribution >= 4 is 57.0 Å². The van der Waals surface area contributed by atoms with Gasteiger partial charge in [-0.1, -0.05) is 11.8 Å². The SMILES string of the molecule is O=C(O)c1csc(SCC[C@@H]2[C@@H](/C=[CH]\[Al])[C@H](O)C[C@H]2Cl)n1. The topological polar surface area (TPSA) is 70.4 Å². The minimum absolute atomic E-state index is 0.0160. The largest absolute Gasteiger partial charge is 0.476 e. The number of rotatable bonds is 6. The van der Waals surface area contributed by atoms with E-state index in [1.807, 2.05) is 11.0 Å². The van der Waals surface area contributed by atoms with Gasteiger partial charge in [-0.3, -0.25) is 0 Å². The third kappa shape index (κ3) is 4.47. The van der Waals surface area contributed by atoms with Crippen LogP contribution < -0.4 is 0 Å². The zero-order valence-corrected chi connectivity index (χ0v) is 14.7. The van der Waals surface area contributed by atoms with Crippen molar-refractivity contribution < 1.29 is 15.0 Å². The van der Waals surface area contributed by atoms with Crippen molar-refractivity contribution in [2.45, 2.75) is 28.7 Å². The van der Waals surface area contributed by atoms with Gasteiger partial charge < -0.3 is 10.2 Å². The van der Waals surface area contributed by atoms with E-state index in [4.69, 9.17) is 16.7 Å². The van der Waals surface area contributed by atoms with Crippen LogP contribution in [0.5, 0.6) is 0 Å². The highest BCUT2D eigenvalue weighted by Gasteiger charge is 2.39. The number of aliphatic hydroxyl groups excluding tert-OH is 1. The highest BCUT2D eigenvalue weighted by Crippen LogP contribution is 2.40. The van der Waals surface area contributed by atoms with Crippen LogP contribution in [0.4, 0.5) is 0 Å². The smallest absolute Gasteiger partial charge is 0.355 e. The van der Waals surface area contributed by atoms with Gasteiger partial charge in [0, 0.05) is 22.4 Å². The lowest BCUT2D eigenvalue weighted by molar-refractivity contribution is 0.0691. The normalized spacial score (nSPS) is 29.2. The molecule has 0 amide bonds. The number of aromatic carboxylic acids is 1. The number of carboxylic acid groups (broad SMARTS) is 1. The number of thiazole rings is 1. The highest BCUT2D eigenvalue weighted by atomic mass is 35.5. The van der Waals surface area contributed by atoms with Gasteiger partial charge in [0.05, 0.1) is 6.10 Å². The Balaban J connectivity index is 1.88. The molecule has 0 unspecified atom stereocenters. The molecule has 0 spiro atoms. The maximum absolute atomic E-state index is 10.8. The molecule has 1 saturated carbocycles. The maximum Gasteiger partial charge on any atom is 0.355 e. The van der Waals surface area contributed by atoms with Crippen molar-refractivity contribution in [1.82, 2.24) is 4.98 Å². The van der Waals surface area contributed by atoms with E-state index in [0.29, 0.717) is 6.42 Å². The Hall–Kier alpha value is -0.0275. The first-order valence-corrected chi connectivity index (χ1v) is 9.52. The summed E-state index contributed by atoms with van der Waals surface area (Å²) in [6.45, 7) is 0. The summed E-state index contributed by atoms with van der Waals surface area (Å²) >= 11 is 11.7. The maximum atomic E-state index is 10.8. The number of aliphatic hydroxyl groups is 1. The number of carboxylic acids is 1. The van der Waals surface area contributed by atoms with Crippen LogP contribution in [0.25, 0.3) is 0 Å². The Morgan fingerprint density at radius 3 is 3.05 bits per heavy atom. The first-order chi connectivity index (χ1) is 10.0. The second kappa shape index (κ2) is 8.00. The van der Waals surface area contributed by atoms with E-state index >= 15 is 0 Å². The van der Waals surface area contributed by atoms with Crippen molar-refractivity contribution in [3.05, 3.63) is 22.1 Å². The summed E-state index contributed by atoms with van der Waals surface area (Å²) in [6.07, 6.45) is 3.12. The lowest BCUT2D eigenvalue weighted by atomic mass is 9.92. The van der Waals surface area contributed by atoms with E-state index in [1.54, 1.807) is 17.1 Å². The van der Waals surface area contributed by atoms with Gasteiger partial charge in [-0.25, -0.2) is 9.78 Å². The monoisotopic (exact) mass is 359 g/mol. The summed E-state index contributed by atoms with van der Waals surface area (Å²) in [7, 11) is 0. The zero-order valence-electron chi connectivity index (χ0n) is 11.2. The number of thioether (sulfide) groups is 1. The summed E-state index contributed by atoms with van der Waals surface area (Å²) < 4.78 is 0.759. The van der Waals surface area contributed by atoms with Crippen molar-refractivity contribution in [3.63, 3.8) is 0 Å². The van der Waals surface area contributed by atoms with Crippen LogP contribution in [0.15, 0.2) is 20.7 Å². The van der Waals surface area contributed by atoms with Gasteiger partial charge in [0.1, 0.15) is 0 Å². The second-order valence-corrected chi connectivity index (χ2v) is 8.03. The molecule has 2 rings (SSSR count). The fraction of sp³-hybridized carbons (Fsp3) is 0.538. The number of hydrogen-bond donors (Lipinski definition) is 2. The number of alkyl halides is 1. The van der Waals surface area contributed by atoms with E-state index in [1.165, 1.54) is 11.3 Å². The van der Waals surface area contributed by atoms with Crippen LogP contribution in [-0.2, 0) is 0 Å². The van der Waals surface area contributed by atoms with Crippen LogP contribution in [0, 0.1) is 11.8 Å². The quantitative estimate of drug-likeness (QED) is 0.464. The summed E-state index contributed by atoms with van der Waals surface area (Å²) in [5.74, 6) is 0.152. The van der Waals surface area contributed by atoms with Gasteiger partial charge >= 0.3 is 5.97 Å². The number of carbonyl (C=O) groups is 1. The fourth-order valence-electron chi connectivity index (χ4n) is 2.57. The van der Waals surface area contributed by atoms with Crippen LogP contribution >= 0.6 is 34.7 Å². The Bertz CT molecular complexity index is 525. The molecular weight excluding hydrogens is 345 g/mol. The molecule has 4 atom stereocenters. The molecule has 1 heterocycles. The van der Waals surface area contributed by atoms with Crippen LogP contribution in [0.2, 0.25) is 0 Å². The molecule has 112 valence electrons. The molecule has 8 heteroatoms. The molecule has 2 N–H and O–H groups in total. The molecule has 2 radical (unpaired) electrons. The molecule has 0 bridgehead atoms. The molecule has 4 nitrogen and oxygen atoms in total. The number of halogens is 1. The first kappa shape index (κ1) is 17.3. The third-order valence-electron chi connectivity index (χ3n) is 3.58. The van der Waals surface area contributed by atoms with E-state index in [2.05, 4.69) is 21.3 Å². The Labute approximate surface area is 145 Å². The second-order valence-electron chi connectivity index (χ2n) is 4.89. The third-order valence-corrected chi connectivity index (χ3v) is 6.36. The zero-order chi connectivity index (χ0) is 15.4. The lowest BCUT2D eigenvalue weighted by Gasteiger charge is -2.20. The predicted molar refractivity (Wildman–Crippen MR) is 86.6 cm³/mol. The van der Waals surface area contributed by atoms with Crippen LogP contribution in [0.1, 0.15) is 23.3 Å². The first-order valence-electron chi connectivity index (χ1n) is 6.55. The predicted octanol–water partition coefficient (Wildman–Crippen LogP) is 2.61. The molecule has 1 aromatic rings. The number of aromatic nitrogens is 1. The standard InChI is InChI=1S/C13H15ClNO3S2.Al/c1-2-7-8(9(14)5-11(7)16)3-4-19-13-15-10(6-20-13)12(17)18;/h1-2,6-9,11,16H,3-5H2,(H,17,18);/t7-,8-,9-,11-;/m1./s1. The van der Waals surface area contributed by atoms with Gasteiger partial charge in [0.2, 0.25) is 0 Å². The van der Waals surface area contributed by atoms with Crippen molar-refractivity contribution in [1.29, 1.82) is 0 Å². The molecule has 0 saturated heterocycles. The van der Waals surface area contributed by atoms with E-state index < -0.39 is 5.97 Å². The Kier molecular flexibility index (Phi) is 6.60. The molecule has 1 aliphatic carbocycles. The van der Waals surface area contributed by atoms with Gasteiger partial charge in [0.15, 0.2) is 26.3 Å². The molecule has 1 aliphatic rings. The minimum atomic E-state index is -0.997. The average Bonchev–Trinajstić information content (AvgIpc) is 2.99. The van der Waals surface area contributed by atoms with Crippen molar-refractivity contribution in [2.75, 3.05) is 5.75 Å². The van der Waals surface area contributed by atoms with Crippen molar-refractivity contribution in [2.24, 2.45) is 11.8 Å². The summed E-state index contributed by atoms with van der Waals surface area (Å²) in [5.41, 5.74) is 0.0952. The van der Waals surface area contributed by atoms with Gasteiger partial charge in [-0.2, -0.15) is 4.94 Å². The van der Waals surface area contributed by atoms with Gasteiger partial charge in [0.25, 0.3) is 0 Å². The Morgan fingerprint density at radius 1 is 1.67 bits per heavy atom. The van der Waals surface area contributed by atoms with E-state index in [0.717, 1.165) is 16.5 Å².